The van der Waals surface area contributed by atoms with E-state index in [0.29, 0.717) is 12.5 Å². The van der Waals surface area contributed by atoms with E-state index in [1.807, 2.05) is 24.4 Å². The molecular weight excluding hydrogens is 357 g/mol. The second-order valence-corrected chi connectivity index (χ2v) is 6.24. The summed E-state index contributed by atoms with van der Waals surface area (Å²) in [5.74, 6) is -0.643. The zero-order valence-corrected chi connectivity index (χ0v) is 14.9. The van der Waals surface area contributed by atoms with Gasteiger partial charge >= 0.3 is 0 Å². The van der Waals surface area contributed by atoms with Crippen LogP contribution in [-0.4, -0.2) is 27.4 Å². The van der Waals surface area contributed by atoms with Gasteiger partial charge in [-0.05, 0) is 36.2 Å². The molecule has 4 aromatic rings. The molecule has 0 radical (unpaired) electrons. The number of amides is 1. The first kappa shape index (κ1) is 17.7. The Kier molecular flexibility index (Phi) is 4.97. The highest BCUT2D eigenvalue weighted by molar-refractivity contribution is 6.03. The summed E-state index contributed by atoms with van der Waals surface area (Å²) in [6.45, 7) is 0.611. The van der Waals surface area contributed by atoms with Crippen LogP contribution >= 0.6 is 0 Å². The number of nitrogens with one attached hydrogen (secondary N) is 3. The van der Waals surface area contributed by atoms with Crippen LogP contribution in [0.4, 0.5) is 16.0 Å². The normalized spacial score (nSPS) is 10.8. The van der Waals surface area contributed by atoms with Crippen molar-refractivity contribution >= 4 is 28.4 Å². The van der Waals surface area contributed by atoms with Crippen molar-refractivity contribution in [2.45, 2.75) is 6.42 Å². The van der Waals surface area contributed by atoms with E-state index < -0.39 is 11.7 Å². The average Bonchev–Trinajstić information content (AvgIpc) is 3.13. The molecule has 2 aromatic heterocycles. The molecule has 0 unspecified atom stereocenters. The van der Waals surface area contributed by atoms with Crippen LogP contribution in [0, 0.1) is 5.82 Å². The predicted octanol–water partition coefficient (Wildman–Crippen LogP) is 4.00. The Morgan fingerprint density at radius 3 is 2.79 bits per heavy atom. The molecule has 28 heavy (non-hydrogen) atoms. The van der Waals surface area contributed by atoms with Gasteiger partial charge in [0.05, 0.1) is 5.69 Å². The molecule has 3 N–H and O–H groups in total. The van der Waals surface area contributed by atoms with E-state index in [1.165, 1.54) is 35.3 Å². The molecule has 0 atom stereocenters. The van der Waals surface area contributed by atoms with Gasteiger partial charge in [-0.2, -0.15) is 0 Å². The summed E-state index contributed by atoms with van der Waals surface area (Å²) in [6, 6.07) is 15.6. The number of H-pyrrole nitrogens is 1. The SMILES string of the molecule is O=C(Nc1ccccc1F)c1ccnc(NCCc2c[nH]c3ccccc23)n1. The van der Waals surface area contributed by atoms with Gasteiger partial charge in [-0.25, -0.2) is 14.4 Å². The maximum atomic E-state index is 13.7. The third kappa shape index (κ3) is 3.83. The van der Waals surface area contributed by atoms with E-state index >= 15 is 0 Å². The molecule has 4 rings (SSSR count). The summed E-state index contributed by atoms with van der Waals surface area (Å²) in [7, 11) is 0. The lowest BCUT2D eigenvalue weighted by Gasteiger charge is -2.08. The van der Waals surface area contributed by atoms with Gasteiger partial charge in [-0.15, -0.1) is 0 Å². The fourth-order valence-corrected chi connectivity index (χ4v) is 2.97. The first-order valence-electron chi connectivity index (χ1n) is 8.88. The van der Waals surface area contributed by atoms with E-state index in [1.54, 1.807) is 12.1 Å². The number of carbonyl (C=O) groups excluding carboxylic acids is 1. The summed E-state index contributed by atoms with van der Waals surface area (Å²) in [6.07, 6.45) is 4.27. The standard InChI is InChI=1S/C21H18FN5O/c22-16-6-2-4-8-18(16)26-20(28)19-10-12-24-21(27-19)23-11-9-14-13-25-17-7-3-1-5-15(14)17/h1-8,10,12-13,25H,9,11H2,(H,26,28)(H,23,24,27). The van der Waals surface area contributed by atoms with Crippen LogP contribution in [0.2, 0.25) is 0 Å². The highest BCUT2D eigenvalue weighted by atomic mass is 19.1. The van der Waals surface area contributed by atoms with Gasteiger partial charge in [-0.1, -0.05) is 30.3 Å². The molecule has 2 aromatic carbocycles. The molecule has 0 aliphatic rings. The molecule has 140 valence electrons. The molecule has 0 fully saturated rings. The summed E-state index contributed by atoms with van der Waals surface area (Å²) in [5.41, 5.74) is 2.56. The Labute approximate surface area is 160 Å². The third-order valence-corrected chi connectivity index (χ3v) is 4.36. The lowest BCUT2D eigenvalue weighted by Crippen LogP contribution is -2.16. The number of fused-ring (bicyclic) bond motifs is 1. The number of hydrogen-bond acceptors (Lipinski definition) is 4. The number of para-hydroxylation sites is 2. The van der Waals surface area contributed by atoms with Crippen LogP contribution < -0.4 is 10.6 Å². The largest absolute Gasteiger partial charge is 0.361 e. The fourth-order valence-electron chi connectivity index (χ4n) is 2.97. The molecule has 0 saturated heterocycles. The molecule has 0 spiro atoms. The van der Waals surface area contributed by atoms with E-state index in [9.17, 15) is 9.18 Å². The van der Waals surface area contributed by atoms with E-state index in [-0.39, 0.29) is 11.4 Å². The first-order valence-corrected chi connectivity index (χ1v) is 8.88. The lowest BCUT2D eigenvalue weighted by molar-refractivity contribution is 0.102. The maximum Gasteiger partial charge on any atom is 0.274 e. The average molecular weight is 375 g/mol. The Bertz CT molecular complexity index is 1120. The zero-order chi connectivity index (χ0) is 19.3. The van der Waals surface area contributed by atoms with Gasteiger partial charge in [-0.3, -0.25) is 4.79 Å². The van der Waals surface area contributed by atoms with E-state index in [2.05, 4.69) is 31.7 Å². The molecule has 0 aliphatic carbocycles. The summed E-state index contributed by atoms with van der Waals surface area (Å²) >= 11 is 0. The van der Waals surface area contributed by atoms with E-state index in [0.717, 1.165) is 11.9 Å². The van der Waals surface area contributed by atoms with Crippen LogP contribution in [-0.2, 0) is 6.42 Å². The number of anilines is 2. The number of rotatable bonds is 6. The molecule has 0 bridgehead atoms. The molecule has 1 amide bonds. The first-order chi connectivity index (χ1) is 13.7. The Hall–Kier alpha value is -3.74. The number of hydrogen-bond donors (Lipinski definition) is 3. The van der Waals surface area contributed by atoms with Crippen molar-refractivity contribution in [3.63, 3.8) is 0 Å². The van der Waals surface area contributed by atoms with Gasteiger partial charge in [0.15, 0.2) is 0 Å². The number of carbonyl (C=O) groups is 1. The number of halogens is 1. The third-order valence-electron chi connectivity index (χ3n) is 4.36. The second kappa shape index (κ2) is 7.87. The predicted molar refractivity (Wildman–Crippen MR) is 107 cm³/mol. The molecule has 6 nitrogen and oxygen atoms in total. The maximum absolute atomic E-state index is 13.7. The van der Waals surface area contributed by atoms with Crippen molar-refractivity contribution in [3.8, 4) is 0 Å². The van der Waals surface area contributed by atoms with Crippen molar-refractivity contribution in [2.75, 3.05) is 17.2 Å². The molecule has 7 heteroatoms. The summed E-state index contributed by atoms with van der Waals surface area (Å²) < 4.78 is 13.7. The lowest BCUT2D eigenvalue weighted by atomic mass is 10.1. The second-order valence-electron chi connectivity index (χ2n) is 6.24. The minimum Gasteiger partial charge on any atom is -0.361 e. The Morgan fingerprint density at radius 2 is 1.89 bits per heavy atom. The van der Waals surface area contributed by atoms with Gasteiger partial charge in [0.1, 0.15) is 11.5 Å². The number of aromatic nitrogens is 3. The van der Waals surface area contributed by atoms with Gasteiger partial charge in [0.2, 0.25) is 5.95 Å². The quantitative estimate of drug-likeness (QED) is 0.476. The molecule has 2 heterocycles. The van der Waals surface area contributed by atoms with Crippen molar-refractivity contribution in [2.24, 2.45) is 0 Å². The van der Waals surface area contributed by atoms with Crippen molar-refractivity contribution in [3.05, 3.63) is 84.1 Å². The minimum atomic E-state index is -0.498. The van der Waals surface area contributed by atoms with Crippen molar-refractivity contribution in [1.29, 1.82) is 0 Å². The molecular formula is C21H18FN5O. The summed E-state index contributed by atoms with van der Waals surface area (Å²) in [5, 5.41) is 6.83. The van der Waals surface area contributed by atoms with E-state index in [4.69, 9.17) is 0 Å². The Balaban J connectivity index is 1.39. The van der Waals surface area contributed by atoms with Gasteiger partial charge in [0, 0.05) is 29.8 Å². The monoisotopic (exact) mass is 375 g/mol. The molecule has 0 saturated carbocycles. The zero-order valence-electron chi connectivity index (χ0n) is 14.9. The number of nitrogens with zero attached hydrogens (tertiary/aromatic N) is 2. The highest BCUT2D eigenvalue weighted by Crippen LogP contribution is 2.18. The van der Waals surface area contributed by atoms with Crippen molar-refractivity contribution < 1.29 is 9.18 Å². The van der Waals surface area contributed by atoms with Gasteiger partial charge < -0.3 is 15.6 Å². The topological polar surface area (TPSA) is 82.7 Å². The van der Waals surface area contributed by atoms with Crippen LogP contribution in [0.25, 0.3) is 10.9 Å². The van der Waals surface area contributed by atoms with Crippen LogP contribution in [0.1, 0.15) is 16.1 Å². The number of aromatic amines is 1. The number of benzene rings is 2. The van der Waals surface area contributed by atoms with Gasteiger partial charge in [0.25, 0.3) is 5.91 Å². The molecule has 0 aliphatic heterocycles. The Morgan fingerprint density at radius 1 is 1.07 bits per heavy atom. The van der Waals surface area contributed by atoms with Crippen LogP contribution in [0.5, 0.6) is 0 Å². The fraction of sp³-hybridized carbons (Fsp3) is 0.0952. The minimum absolute atomic E-state index is 0.111. The van der Waals surface area contributed by atoms with Crippen LogP contribution in [0.3, 0.4) is 0 Å². The highest BCUT2D eigenvalue weighted by Gasteiger charge is 2.11. The van der Waals surface area contributed by atoms with Crippen molar-refractivity contribution in [1.82, 2.24) is 15.0 Å². The summed E-state index contributed by atoms with van der Waals surface area (Å²) in [4.78, 5) is 23.9. The smallest absolute Gasteiger partial charge is 0.274 e. The van der Waals surface area contributed by atoms with Crippen LogP contribution in [0.15, 0.2) is 67.0 Å².